The van der Waals surface area contributed by atoms with Gasteiger partial charge in [-0.15, -0.1) is 0 Å². The molecule has 2 saturated carbocycles. The number of aliphatic hydroxyl groups excluding tert-OH is 1. The average Bonchev–Trinajstić information content (AvgIpc) is 2.86. The second-order valence-electron chi connectivity index (χ2n) is 5.98. The van der Waals surface area contributed by atoms with E-state index < -0.39 is 0 Å². The van der Waals surface area contributed by atoms with E-state index in [1.54, 1.807) is 6.92 Å². The molecule has 2 fully saturated rings. The predicted octanol–water partition coefficient (Wildman–Crippen LogP) is 2.09. The second kappa shape index (κ2) is 5.85. The fourth-order valence-corrected chi connectivity index (χ4v) is 3.56. The monoisotopic (exact) mass is 239 g/mol. The largest absolute Gasteiger partial charge is 0.393 e. The summed E-state index contributed by atoms with van der Waals surface area (Å²) in [5.41, 5.74) is 0. The van der Waals surface area contributed by atoms with Crippen molar-refractivity contribution in [2.45, 2.75) is 58.0 Å². The summed E-state index contributed by atoms with van der Waals surface area (Å²) in [6.45, 7) is 2.50. The highest BCUT2D eigenvalue weighted by molar-refractivity contribution is 5.76. The van der Waals surface area contributed by atoms with E-state index in [-0.39, 0.29) is 12.0 Å². The standard InChI is InChI=1S/C14H25NO2/c1-10(16)3-2-6-15-14(17)9-13-8-11-4-5-12(13)7-11/h10-13,16H,2-9H2,1H3,(H,15,17). The van der Waals surface area contributed by atoms with Gasteiger partial charge in [0, 0.05) is 13.0 Å². The van der Waals surface area contributed by atoms with Crippen LogP contribution in [0.4, 0.5) is 0 Å². The molecule has 3 nitrogen and oxygen atoms in total. The quantitative estimate of drug-likeness (QED) is 0.697. The van der Waals surface area contributed by atoms with Crippen LogP contribution in [0.1, 0.15) is 51.9 Å². The molecule has 2 rings (SSSR count). The van der Waals surface area contributed by atoms with E-state index in [2.05, 4.69) is 5.32 Å². The van der Waals surface area contributed by atoms with E-state index in [4.69, 9.17) is 5.11 Å². The Hall–Kier alpha value is -0.570. The van der Waals surface area contributed by atoms with Gasteiger partial charge in [0.25, 0.3) is 0 Å². The van der Waals surface area contributed by atoms with Gasteiger partial charge in [-0.2, -0.15) is 0 Å². The molecule has 2 N–H and O–H groups in total. The van der Waals surface area contributed by atoms with Crippen LogP contribution >= 0.6 is 0 Å². The highest BCUT2D eigenvalue weighted by atomic mass is 16.3. The summed E-state index contributed by atoms with van der Waals surface area (Å²) >= 11 is 0. The number of carbonyl (C=O) groups excluding carboxylic acids is 1. The zero-order valence-electron chi connectivity index (χ0n) is 10.8. The van der Waals surface area contributed by atoms with Crippen molar-refractivity contribution in [3.05, 3.63) is 0 Å². The lowest BCUT2D eigenvalue weighted by Gasteiger charge is -2.20. The van der Waals surface area contributed by atoms with Gasteiger partial charge < -0.3 is 10.4 Å². The molecule has 2 aliphatic carbocycles. The Bertz CT molecular complexity index is 265. The van der Waals surface area contributed by atoms with Gasteiger partial charge in [0.15, 0.2) is 0 Å². The summed E-state index contributed by atoms with van der Waals surface area (Å²) in [7, 11) is 0. The van der Waals surface area contributed by atoms with E-state index in [1.807, 2.05) is 0 Å². The Balaban J connectivity index is 1.58. The zero-order chi connectivity index (χ0) is 12.3. The van der Waals surface area contributed by atoms with Crippen molar-refractivity contribution >= 4 is 5.91 Å². The molecule has 0 saturated heterocycles. The minimum Gasteiger partial charge on any atom is -0.393 e. The number of amides is 1. The average molecular weight is 239 g/mol. The van der Waals surface area contributed by atoms with Gasteiger partial charge in [-0.25, -0.2) is 0 Å². The molecule has 98 valence electrons. The van der Waals surface area contributed by atoms with E-state index in [0.29, 0.717) is 12.5 Å². The molecule has 0 heterocycles. The van der Waals surface area contributed by atoms with Gasteiger partial charge in [0.2, 0.25) is 5.91 Å². The van der Waals surface area contributed by atoms with Gasteiger partial charge in [-0.1, -0.05) is 6.42 Å². The molecule has 4 unspecified atom stereocenters. The SMILES string of the molecule is CC(O)CCCNC(=O)CC1CC2CCC1C2. The minimum atomic E-state index is -0.252. The van der Waals surface area contributed by atoms with Crippen molar-refractivity contribution in [1.82, 2.24) is 5.32 Å². The zero-order valence-corrected chi connectivity index (χ0v) is 10.8. The van der Waals surface area contributed by atoms with E-state index in [9.17, 15) is 4.79 Å². The molecule has 3 heteroatoms. The number of hydrogen-bond donors (Lipinski definition) is 2. The molecule has 2 bridgehead atoms. The fraction of sp³-hybridized carbons (Fsp3) is 0.929. The van der Waals surface area contributed by atoms with Crippen LogP contribution in [0.5, 0.6) is 0 Å². The first-order valence-corrected chi connectivity index (χ1v) is 7.10. The number of carbonyl (C=O) groups is 1. The van der Waals surface area contributed by atoms with Crippen molar-refractivity contribution in [1.29, 1.82) is 0 Å². The molecule has 17 heavy (non-hydrogen) atoms. The first-order chi connectivity index (χ1) is 8.15. The number of rotatable bonds is 6. The normalized spacial score (nSPS) is 32.7. The van der Waals surface area contributed by atoms with Gasteiger partial charge in [-0.3, -0.25) is 4.79 Å². The van der Waals surface area contributed by atoms with Crippen LogP contribution in [0.2, 0.25) is 0 Å². The molecule has 0 aromatic rings. The third-order valence-corrected chi connectivity index (χ3v) is 4.45. The first-order valence-electron chi connectivity index (χ1n) is 7.10. The molecule has 4 atom stereocenters. The molecule has 0 aromatic carbocycles. The van der Waals surface area contributed by atoms with E-state index >= 15 is 0 Å². The Morgan fingerprint density at radius 1 is 1.41 bits per heavy atom. The summed E-state index contributed by atoms with van der Waals surface area (Å²) in [5, 5.41) is 12.1. The lowest BCUT2D eigenvalue weighted by Crippen LogP contribution is -2.28. The lowest BCUT2D eigenvalue weighted by molar-refractivity contribution is -0.122. The van der Waals surface area contributed by atoms with Crippen molar-refractivity contribution in [3.63, 3.8) is 0 Å². The Kier molecular flexibility index (Phi) is 4.43. The van der Waals surface area contributed by atoms with Crippen LogP contribution in [0.15, 0.2) is 0 Å². The third kappa shape index (κ3) is 3.70. The van der Waals surface area contributed by atoms with Gasteiger partial charge in [0.05, 0.1) is 6.10 Å². The van der Waals surface area contributed by atoms with Gasteiger partial charge in [-0.05, 0) is 56.8 Å². The molecule has 0 spiro atoms. The summed E-state index contributed by atoms with van der Waals surface area (Å²) in [4.78, 5) is 11.7. The fourth-order valence-electron chi connectivity index (χ4n) is 3.56. The van der Waals surface area contributed by atoms with Crippen LogP contribution in [-0.4, -0.2) is 23.7 Å². The van der Waals surface area contributed by atoms with Crippen LogP contribution in [0, 0.1) is 17.8 Å². The van der Waals surface area contributed by atoms with Crippen LogP contribution in [0.25, 0.3) is 0 Å². The van der Waals surface area contributed by atoms with Crippen LogP contribution in [-0.2, 0) is 4.79 Å². The Morgan fingerprint density at radius 2 is 2.24 bits per heavy atom. The van der Waals surface area contributed by atoms with Crippen LogP contribution < -0.4 is 5.32 Å². The van der Waals surface area contributed by atoms with Crippen molar-refractivity contribution in [2.75, 3.05) is 6.54 Å². The number of hydrogen-bond acceptors (Lipinski definition) is 2. The molecule has 2 aliphatic rings. The predicted molar refractivity (Wildman–Crippen MR) is 67.5 cm³/mol. The topological polar surface area (TPSA) is 49.3 Å². The summed E-state index contributed by atoms with van der Waals surface area (Å²) < 4.78 is 0. The van der Waals surface area contributed by atoms with Gasteiger partial charge in [0.1, 0.15) is 0 Å². The van der Waals surface area contributed by atoms with Crippen molar-refractivity contribution < 1.29 is 9.90 Å². The molecule has 0 aromatic heterocycles. The first kappa shape index (κ1) is 12.9. The number of fused-ring (bicyclic) bond motifs is 2. The minimum absolute atomic E-state index is 0.216. The molecular weight excluding hydrogens is 214 g/mol. The maximum absolute atomic E-state index is 11.7. The van der Waals surface area contributed by atoms with E-state index in [1.165, 1.54) is 25.7 Å². The molecule has 0 radical (unpaired) electrons. The summed E-state index contributed by atoms with van der Waals surface area (Å²) in [6, 6.07) is 0. The van der Waals surface area contributed by atoms with Gasteiger partial charge >= 0.3 is 0 Å². The highest BCUT2D eigenvalue weighted by Crippen LogP contribution is 2.49. The summed E-state index contributed by atoms with van der Waals surface area (Å²) in [6.07, 6.45) is 7.54. The van der Waals surface area contributed by atoms with Crippen LogP contribution in [0.3, 0.4) is 0 Å². The highest BCUT2D eigenvalue weighted by Gasteiger charge is 2.39. The smallest absolute Gasteiger partial charge is 0.220 e. The third-order valence-electron chi connectivity index (χ3n) is 4.45. The molecular formula is C14H25NO2. The number of nitrogens with one attached hydrogen (secondary N) is 1. The molecule has 0 aliphatic heterocycles. The Morgan fingerprint density at radius 3 is 2.82 bits per heavy atom. The number of aliphatic hydroxyl groups is 1. The maximum atomic E-state index is 11.7. The maximum Gasteiger partial charge on any atom is 0.220 e. The van der Waals surface area contributed by atoms with Crippen molar-refractivity contribution in [2.24, 2.45) is 17.8 Å². The molecule has 1 amide bonds. The Labute approximate surface area is 104 Å². The second-order valence-corrected chi connectivity index (χ2v) is 5.98. The lowest BCUT2D eigenvalue weighted by atomic mass is 9.86. The van der Waals surface area contributed by atoms with E-state index in [0.717, 1.165) is 31.1 Å². The van der Waals surface area contributed by atoms with Crippen molar-refractivity contribution in [3.8, 4) is 0 Å². The summed E-state index contributed by atoms with van der Waals surface area (Å²) in [5.74, 6) is 2.63.